The Kier molecular flexibility index (Phi) is 3.70. The lowest BCUT2D eigenvalue weighted by molar-refractivity contribution is -0.402. The van der Waals surface area contributed by atoms with E-state index in [1.807, 2.05) is 30.3 Å². The molecule has 0 heterocycles. The summed E-state index contributed by atoms with van der Waals surface area (Å²) in [6.07, 6.45) is 4.13. The maximum Gasteiger partial charge on any atom is 0.230 e. The van der Waals surface area contributed by atoms with Gasteiger partial charge in [0.2, 0.25) is 6.20 Å². The second kappa shape index (κ2) is 5.09. The van der Waals surface area contributed by atoms with Gasteiger partial charge >= 0.3 is 0 Å². The number of benzene rings is 1. The fourth-order valence-electron chi connectivity index (χ4n) is 1.06. The Labute approximate surface area is 76.9 Å². The molecular formula is C10H11NO2. The van der Waals surface area contributed by atoms with Crippen LogP contribution in [0.15, 0.2) is 42.6 Å². The summed E-state index contributed by atoms with van der Waals surface area (Å²) < 4.78 is 0. The highest BCUT2D eigenvalue weighted by atomic mass is 16.6. The second-order valence-corrected chi connectivity index (χ2v) is 2.69. The molecule has 0 saturated carbocycles. The zero-order valence-electron chi connectivity index (χ0n) is 7.22. The lowest BCUT2D eigenvalue weighted by atomic mass is 10.1. The Morgan fingerprint density at radius 3 is 2.62 bits per heavy atom. The van der Waals surface area contributed by atoms with Crippen molar-refractivity contribution in [3.63, 3.8) is 0 Å². The van der Waals surface area contributed by atoms with Gasteiger partial charge in [0.25, 0.3) is 0 Å². The van der Waals surface area contributed by atoms with Crippen molar-refractivity contribution in [2.24, 2.45) is 0 Å². The van der Waals surface area contributed by atoms with E-state index in [-0.39, 0.29) is 0 Å². The van der Waals surface area contributed by atoms with Crippen molar-refractivity contribution < 1.29 is 4.92 Å². The molecule has 0 aliphatic heterocycles. The summed E-state index contributed by atoms with van der Waals surface area (Å²) in [5.74, 6) is 0. The van der Waals surface area contributed by atoms with E-state index in [0.29, 0.717) is 6.42 Å². The smallest absolute Gasteiger partial charge is 0.230 e. The number of nitrogens with zero attached hydrogens (tertiary/aromatic N) is 1. The summed E-state index contributed by atoms with van der Waals surface area (Å²) in [5, 5.41) is 9.93. The molecule has 0 N–H and O–H groups in total. The quantitative estimate of drug-likeness (QED) is 0.523. The third-order valence-corrected chi connectivity index (χ3v) is 1.67. The highest BCUT2D eigenvalue weighted by molar-refractivity contribution is 5.15. The van der Waals surface area contributed by atoms with Crippen molar-refractivity contribution >= 4 is 0 Å². The zero-order chi connectivity index (χ0) is 9.52. The van der Waals surface area contributed by atoms with E-state index in [9.17, 15) is 10.1 Å². The molecule has 68 valence electrons. The van der Waals surface area contributed by atoms with Crippen LogP contribution in [-0.2, 0) is 6.42 Å². The van der Waals surface area contributed by atoms with E-state index in [2.05, 4.69) is 0 Å². The fourth-order valence-corrected chi connectivity index (χ4v) is 1.06. The highest BCUT2D eigenvalue weighted by Gasteiger charge is 1.89. The summed E-state index contributed by atoms with van der Waals surface area (Å²) in [6, 6.07) is 9.91. The topological polar surface area (TPSA) is 43.1 Å². The molecule has 0 bridgehead atoms. The maximum atomic E-state index is 9.93. The van der Waals surface area contributed by atoms with Gasteiger partial charge in [-0.3, -0.25) is 10.1 Å². The van der Waals surface area contributed by atoms with Crippen LogP contribution in [0.25, 0.3) is 0 Å². The first kappa shape index (κ1) is 9.45. The number of aryl methyl sites for hydroxylation is 1. The van der Waals surface area contributed by atoms with Crippen LogP contribution in [0.4, 0.5) is 0 Å². The predicted molar refractivity (Wildman–Crippen MR) is 50.9 cm³/mol. The molecule has 0 amide bonds. The minimum Gasteiger partial charge on any atom is -0.259 e. The summed E-state index contributed by atoms with van der Waals surface area (Å²) in [7, 11) is 0. The van der Waals surface area contributed by atoms with E-state index >= 15 is 0 Å². The molecule has 3 heteroatoms. The lowest BCUT2D eigenvalue weighted by Gasteiger charge is -1.94. The largest absolute Gasteiger partial charge is 0.259 e. The van der Waals surface area contributed by atoms with Gasteiger partial charge in [0.05, 0.1) is 4.92 Å². The molecule has 1 rings (SSSR count). The van der Waals surface area contributed by atoms with Crippen molar-refractivity contribution in [1.82, 2.24) is 0 Å². The van der Waals surface area contributed by atoms with Gasteiger partial charge in [-0.1, -0.05) is 30.3 Å². The van der Waals surface area contributed by atoms with Crippen molar-refractivity contribution in [3.05, 3.63) is 58.3 Å². The molecule has 3 nitrogen and oxygen atoms in total. The predicted octanol–water partition coefficient (Wildman–Crippen LogP) is 2.41. The highest BCUT2D eigenvalue weighted by Crippen LogP contribution is 2.02. The van der Waals surface area contributed by atoms with Crippen molar-refractivity contribution in [2.75, 3.05) is 0 Å². The molecule has 13 heavy (non-hydrogen) atoms. The lowest BCUT2D eigenvalue weighted by Crippen LogP contribution is -1.85. The van der Waals surface area contributed by atoms with Gasteiger partial charge in [0, 0.05) is 0 Å². The van der Waals surface area contributed by atoms with Crippen LogP contribution < -0.4 is 0 Å². The molecule has 0 aliphatic rings. The summed E-state index contributed by atoms with van der Waals surface area (Å²) >= 11 is 0. The second-order valence-electron chi connectivity index (χ2n) is 2.69. The Morgan fingerprint density at radius 1 is 1.31 bits per heavy atom. The number of rotatable bonds is 4. The van der Waals surface area contributed by atoms with Gasteiger partial charge in [0.15, 0.2) is 0 Å². The Balaban J connectivity index is 2.32. The zero-order valence-corrected chi connectivity index (χ0v) is 7.22. The average Bonchev–Trinajstić information content (AvgIpc) is 2.14. The Hall–Kier alpha value is -1.64. The van der Waals surface area contributed by atoms with E-state index in [1.54, 1.807) is 6.08 Å². The van der Waals surface area contributed by atoms with Crippen LogP contribution in [0, 0.1) is 10.1 Å². The molecule has 1 aromatic carbocycles. The number of hydrogen-bond donors (Lipinski definition) is 0. The first-order valence-electron chi connectivity index (χ1n) is 4.13. The molecule has 1 aromatic rings. The van der Waals surface area contributed by atoms with Gasteiger partial charge in [0.1, 0.15) is 0 Å². The van der Waals surface area contributed by atoms with E-state index in [0.717, 1.165) is 12.6 Å². The molecule has 0 aliphatic carbocycles. The van der Waals surface area contributed by atoms with Crippen LogP contribution in [0.1, 0.15) is 12.0 Å². The van der Waals surface area contributed by atoms with Crippen molar-refractivity contribution in [2.45, 2.75) is 12.8 Å². The first-order chi connectivity index (χ1) is 6.29. The van der Waals surface area contributed by atoms with Gasteiger partial charge in [-0.05, 0) is 24.5 Å². The summed E-state index contributed by atoms with van der Waals surface area (Å²) in [5.41, 5.74) is 1.20. The average molecular weight is 177 g/mol. The van der Waals surface area contributed by atoms with Crippen LogP contribution in [0.2, 0.25) is 0 Å². The van der Waals surface area contributed by atoms with Gasteiger partial charge < -0.3 is 0 Å². The van der Waals surface area contributed by atoms with Crippen LogP contribution in [0.5, 0.6) is 0 Å². The van der Waals surface area contributed by atoms with E-state index in [1.165, 1.54) is 5.56 Å². The monoisotopic (exact) mass is 177 g/mol. The number of hydrogen-bond acceptors (Lipinski definition) is 2. The molecular weight excluding hydrogens is 166 g/mol. The van der Waals surface area contributed by atoms with Crippen LogP contribution in [0.3, 0.4) is 0 Å². The molecule has 0 fully saturated rings. The summed E-state index contributed by atoms with van der Waals surface area (Å²) in [6.45, 7) is 0. The molecule has 0 saturated heterocycles. The van der Waals surface area contributed by atoms with Crippen LogP contribution >= 0.6 is 0 Å². The Bertz CT molecular complexity index is 293. The van der Waals surface area contributed by atoms with E-state index < -0.39 is 4.92 Å². The number of allylic oxidation sites excluding steroid dienone is 1. The van der Waals surface area contributed by atoms with Gasteiger partial charge in [-0.25, -0.2) is 0 Å². The Morgan fingerprint density at radius 2 is 2.00 bits per heavy atom. The molecule has 0 atom stereocenters. The van der Waals surface area contributed by atoms with Gasteiger partial charge in [-0.2, -0.15) is 0 Å². The van der Waals surface area contributed by atoms with Crippen molar-refractivity contribution in [1.29, 1.82) is 0 Å². The normalized spacial score (nSPS) is 10.5. The summed E-state index contributed by atoms with van der Waals surface area (Å²) in [4.78, 5) is 9.49. The third-order valence-electron chi connectivity index (χ3n) is 1.67. The fraction of sp³-hybridized carbons (Fsp3) is 0.200. The molecule has 0 radical (unpaired) electrons. The minimum absolute atomic E-state index is 0.439. The van der Waals surface area contributed by atoms with Crippen LogP contribution in [-0.4, -0.2) is 4.92 Å². The minimum atomic E-state index is -0.439. The SMILES string of the molecule is O=[N+]([O-])C=CCCc1ccccc1. The standard InChI is InChI=1S/C10H11NO2/c12-11(13)9-5-4-8-10-6-2-1-3-7-10/h1-3,5-7,9H,4,8H2. The van der Waals surface area contributed by atoms with Gasteiger partial charge in [-0.15, -0.1) is 0 Å². The maximum absolute atomic E-state index is 9.93. The number of nitro groups is 1. The molecule has 0 unspecified atom stereocenters. The van der Waals surface area contributed by atoms with Crippen molar-refractivity contribution in [3.8, 4) is 0 Å². The molecule has 0 aromatic heterocycles. The third kappa shape index (κ3) is 4.06. The first-order valence-corrected chi connectivity index (χ1v) is 4.13. The molecule has 0 spiro atoms. The van der Waals surface area contributed by atoms with E-state index in [4.69, 9.17) is 0 Å².